The summed E-state index contributed by atoms with van der Waals surface area (Å²) in [5.41, 5.74) is 3.92. The van der Waals surface area contributed by atoms with Gasteiger partial charge in [-0.3, -0.25) is 0 Å². The molecule has 3 heteroatoms. The van der Waals surface area contributed by atoms with Crippen molar-refractivity contribution < 1.29 is 9.84 Å². The van der Waals surface area contributed by atoms with E-state index in [1.54, 1.807) is 0 Å². The highest BCUT2D eigenvalue weighted by Gasteiger charge is 2.16. The Bertz CT molecular complexity index is 608. The first kappa shape index (κ1) is 15.1. The van der Waals surface area contributed by atoms with Gasteiger partial charge in [-0.2, -0.15) is 0 Å². The van der Waals surface area contributed by atoms with Crippen LogP contribution >= 0.6 is 15.9 Å². The zero-order chi connectivity index (χ0) is 14.7. The van der Waals surface area contributed by atoms with E-state index in [0.29, 0.717) is 6.61 Å². The van der Waals surface area contributed by atoms with E-state index in [0.717, 1.165) is 32.5 Å². The van der Waals surface area contributed by atoms with Crippen LogP contribution in [0.15, 0.2) is 40.9 Å². The number of halogens is 1. The predicted molar refractivity (Wildman–Crippen MR) is 85.3 cm³/mol. The predicted octanol–water partition coefficient (Wildman–Crippen LogP) is 4.55. The molecular weight excluding hydrogens is 316 g/mol. The maximum Gasteiger partial charge on any atom is 0.125 e. The van der Waals surface area contributed by atoms with Gasteiger partial charge < -0.3 is 9.84 Å². The van der Waals surface area contributed by atoms with E-state index in [-0.39, 0.29) is 0 Å². The lowest BCUT2D eigenvalue weighted by atomic mass is 9.98. The van der Waals surface area contributed by atoms with Gasteiger partial charge in [-0.1, -0.05) is 39.7 Å². The normalized spacial score (nSPS) is 12.2. The van der Waals surface area contributed by atoms with E-state index < -0.39 is 6.10 Å². The van der Waals surface area contributed by atoms with Crippen molar-refractivity contribution in [3.05, 3.63) is 63.1 Å². The fourth-order valence-corrected chi connectivity index (χ4v) is 2.52. The van der Waals surface area contributed by atoms with Crippen LogP contribution in [-0.4, -0.2) is 11.7 Å². The van der Waals surface area contributed by atoms with Crippen molar-refractivity contribution in [3.8, 4) is 5.75 Å². The van der Waals surface area contributed by atoms with Crippen molar-refractivity contribution in [1.82, 2.24) is 0 Å². The third-order valence-corrected chi connectivity index (χ3v) is 4.13. The summed E-state index contributed by atoms with van der Waals surface area (Å²) in [7, 11) is 0. The minimum absolute atomic E-state index is 0.584. The smallest absolute Gasteiger partial charge is 0.125 e. The van der Waals surface area contributed by atoms with Crippen molar-refractivity contribution >= 4 is 15.9 Å². The summed E-state index contributed by atoms with van der Waals surface area (Å²) in [4.78, 5) is 0. The summed E-state index contributed by atoms with van der Waals surface area (Å²) < 4.78 is 6.62. The fraction of sp³-hybridized carbons (Fsp3) is 0.294. The van der Waals surface area contributed by atoms with Gasteiger partial charge in [-0.05, 0) is 50.1 Å². The van der Waals surface area contributed by atoms with Crippen molar-refractivity contribution in [1.29, 1.82) is 0 Å². The Balaban J connectivity index is 2.43. The van der Waals surface area contributed by atoms with Crippen molar-refractivity contribution in [2.75, 3.05) is 6.61 Å². The molecule has 0 heterocycles. The summed E-state index contributed by atoms with van der Waals surface area (Å²) in [6, 6.07) is 11.8. The second-order valence-corrected chi connectivity index (χ2v) is 5.74. The third kappa shape index (κ3) is 3.22. The molecule has 0 saturated heterocycles. The molecule has 2 nitrogen and oxygen atoms in total. The topological polar surface area (TPSA) is 29.5 Å². The first-order chi connectivity index (χ1) is 9.52. The second kappa shape index (κ2) is 6.42. The second-order valence-electron chi connectivity index (χ2n) is 4.89. The van der Waals surface area contributed by atoms with Crippen molar-refractivity contribution in [2.24, 2.45) is 0 Å². The van der Waals surface area contributed by atoms with Gasteiger partial charge in [0.05, 0.1) is 6.61 Å². The average Bonchev–Trinajstić information content (AvgIpc) is 2.43. The minimum Gasteiger partial charge on any atom is -0.493 e. The number of aryl methyl sites for hydroxylation is 2. The van der Waals surface area contributed by atoms with E-state index in [1.807, 2.05) is 57.2 Å². The number of ether oxygens (including phenoxy) is 1. The molecule has 0 aliphatic rings. The Kier molecular flexibility index (Phi) is 4.84. The zero-order valence-corrected chi connectivity index (χ0v) is 13.6. The van der Waals surface area contributed by atoms with Crippen molar-refractivity contribution in [3.63, 3.8) is 0 Å². The molecule has 20 heavy (non-hydrogen) atoms. The van der Waals surface area contributed by atoms with Crippen LogP contribution in [-0.2, 0) is 0 Å². The molecule has 0 radical (unpaired) electrons. The quantitative estimate of drug-likeness (QED) is 0.888. The summed E-state index contributed by atoms with van der Waals surface area (Å²) >= 11 is 3.51. The molecule has 106 valence electrons. The molecule has 0 fully saturated rings. The SMILES string of the molecule is CCOc1ccc(C)cc1C(O)c1ccc(C)c(Br)c1. The van der Waals surface area contributed by atoms with Crippen LogP contribution in [0, 0.1) is 13.8 Å². The summed E-state index contributed by atoms with van der Waals surface area (Å²) in [5, 5.41) is 10.6. The zero-order valence-electron chi connectivity index (χ0n) is 12.0. The highest BCUT2D eigenvalue weighted by Crippen LogP contribution is 2.32. The van der Waals surface area contributed by atoms with E-state index >= 15 is 0 Å². The molecule has 0 aromatic heterocycles. The maximum absolute atomic E-state index is 10.6. The summed E-state index contributed by atoms with van der Waals surface area (Å²) in [6.07, 6.45) is -0.687. The molecule has 1 unspecified atom stereocenters. The lowest BCUT2D eigenvalue weighted by molar-refractivity contribution is 0.212. The highest BCUT2D eigenvalue weighted by atomic mass is 79.9. The van der Waals surface area contributed by atoms with Crippen LogP contribution in [0.25, 0.3) is 0 Å². The number of aliphatic hydroxyl groups excluding tert-OH is 1. The van der Waals surface area contributed by atoms with E-state index in [1.165, 1.54) is 0 Å². The Morgan fingerprint density at radius 3 is 2.55 bits per heavy atom. The molecule has 2 rings (SSSR count). The number of hydrogen-bond donors (Lipinski definition) is 1. The van der Waals surface area contributed by atoms with E-state index in [2.05, 4.69) is 15.9 Å². The van der Waals surface area contributed by atoms with Crippen LogP contribution in [0.4, 0.5) is 0 Å². The van der Waals surface area contributed by atoms with Crippen molar-refractivity contribution in [2.45, 2.75) is 26.9 Å². The maximum atomic E-state index is 10.6. The Morgan fingerprint density at radius 2 is 1.90 bits per heavy atom. The molecule has 0 amide bonds. The standard InChI is InChI=1S/C17H19BrO2/c1-4-20-16-8-5-11(2)9-14(16)17(19)13-7-6-12(3)15(18)10-13/h5-10,17,19H,4H2,1-3H3. The van der Waals surface area contributed by atoms with Gasteiger partial charge in [-0.25, -0.2) is 0 Å². The molecule has 0 saturated carbocycles. The van der Waals surface area contributed by atoms with Gasteiger partial charge in [0.1, 0.15) is 11.9 Å². The lowest BCUT2D eigenvalue weighted by Gasteiger charge is -2.17. The number of benzene rings is 2. The van der Waals surface area contributed by atoms with Gasteiger partial charge in [0.25, 0.3) is 0 Å². The van der Waals surface area contributed by atoms with Crippen LogP contribution in [0.5, 0.6) is 5.75 Å². The molecule has 2 aromatic carbocycles. The lowest BCUT2D eigenvalue weighted by Crippen LogP contribution is -2.05. The van der Waals surface area contributed by atoms with Gasteiger partial charge in [0.15, 0.2) is 0 Å². The fourth-order valence-electron chi connectivity index (χ4n) is 2.13. The molecular formula is C17H19BrO2. The highest BCUT2D eigenvalue weighted by molar-refractivity contribution is 9.10. The van der Waals surface area contributed by atoms with Crippen LogP contribution in [0.1, 0.15) is 35.3 Å². The molecule has 1 atom stereocenters. The average molecular weight is 335 g/mol. The Hall–Kier alpha value is -1.32. The van der Waals surface area contributed by atoms with Crippen LogP contribution in [0.3, 0.4) is 0 Å². The molecule has 0 aliphatic heterocycles. The van der Waals surface area contributed by atoms with Crippen LogP contribution < -0.4 is 4.74 Å². The van der Waals surface area contributed by atoms with Gasteiger partial charge >= 0.3 is 0 Å². The van der Waals surface area contributed by atoms with Gasteiger partial charge in [-0.15, -0.1) is 0 Å². The largest absolute Gasteiger partial charge is 0.493 e. The third-order valence-electron chi connectivity index (χ3n) is 3.27. The number of rotatable bonds is 4. The molecule has 1 N–H and O–H groups in total. The van der Waals surface area contributed by atoms with E-state index in [9.17, 15) is 5.11 Å². The van der Waals surface area contributed by atoms with E-state index in [4.69, 9.17) is 4.74 Å². The van der Waals surface area contributed by atoms with Gasteiger partial charge in [0.2, 0.25) is 0 Å². The Morgan fingerprint density at radius 1 is 1.15 bits per heavy atom. The summed E-state index contributed by atoms with van der Waals surface area (Å²) in [5.74, 6) is 0.738. The minimum atomic E-state index is -0.687. The number of aliphatic hydroxyl groups is 1. The Labute approximate surface area is 128 Å². The molecule has 0 aliphatic carbocycles. The van der Waals surface area contributed by atoms with Crippen LogP contribution in [0.2, 0.25) is 0 Å². The molecule has 2 aromatic rings. The first-order valence-electron chi connectivity index (χ1n) is 6.70. The number of hydrogen-bond acceptors (Lipinski definition) is 2. The molecule has 0 bridgehead atoms. The van der Waals surface area contributed by atoms with Gasteiger partial charge in [0, 0.05) is 10.0 Å². The first-order valence-corrected chi connectivity index (χ1v) is 7.49. The summed E-state index contributed by atoms with van der Waals surface area (Å²) in [6.45, 7) is 6.56. The monoisotopic (exact) mass is 334 g/mol. The molecule has 0 spiro atoms.